The molecule has 1 amide bonds. The number of carbonyl (C=O) groups excluding carboxylic acids is 2. The molecule has 142 valence electrons. The minimum absolute atomic E-state index is 0.0498. The highest BCUT2D eigenvalue weighted by Gasteiger charge is 2.37. The molecule has 2 heterocycles. The molecule has 2 atom stereocenters. The van der Waals surface area contributed by atoms with Crippen LogP contribution in [0.2, 0.25) is 0 Å². The lowest BCUT2D eigenvalue weighted by Gasteiger charge is -2.32. The van der Waals surface area contributed by atoms with E-state index < -0.39 is 0 Å². The van der Waals surface area contributed by atoms with Crippen molar-refractivity contribution in [2.75, 3.05) is 11.9 Å². The summed E-state index contributed by atoms with van der Waals surface area (Å²) in [7, 11) is 0. The van der Waals surface area contributed by atoms with Gasteiger partial charge in [-0.3, -0.25) is 9.59 Å². The molecule has 0 bridgehead atoms. The Hall–Kier alpha value is -2.50. The second-order valence-electron chi connectivity index (χ2n) is 7.79. The Balaban J connectivity index is 1.52. The third-order valence-corrected chi connectivity index (χ3v) is 5.95. The zero-order chi connectivity index (χ0) is 18.6. The predicted molar refractivity (Wildman–Crippen MR) is 103 cm³/mol. The average molecular weight is 366 g/mol. The number of amides is 1. The van der Waals surface area contributed by atoms with Crippen molar-refractivity contribution in [1.29, 1.82) is 0 Å². The van der Waals surface area contributed by atoms with E-state index in [1.165, 1.54) is 38.4 Å². The van der Waals surface area contributed by atoms with Crippen LogP contribution in [0, 0.1) is 11.8 Å². The van der Waals surface area contributed by atoms with Crippen molar-refractivity contribution in [2.45, 2.75) is 51.0 Å². The highest BCUT2D eigenvalue weighted by molar-refractivity contribution is 5.94. The van der Waals surface area contributed by atoms with Gasteiger partial charge in [0.25, 0.3) is 0 Å². The maximum absolute atomic E-state index is 13.1. The molecule has 1 saturated carbocycles. The fraction of sp³-hybridized carbons (Fsp3) is 0.524. The summed E-state index contributed by atoms with van der Waals surface area (Å²) in [6.45, 7) is 0.604. The molecule has 4 rings (SSSR count). The van der Waals surface area contributed by atoms with E-state index in [4.69, 9.17) is 0 Å². The van der Waals surface area contributed by atoms with Crippen LogP contribution in [0.25, 0.3) is 0 Å². The lowest BCUT2D eigenvalue weighted by atomic mass is 9.84. The van der Waals surface area contributed by atoms with Crippen LogP contribution < -0.4 is 5.32 Å². The van der Waals surface area contributed by atoms with Crippen molar-refractivity contribution in [3.8, 4) is 0 Å². The smallest absolute Gasteiger partial charge is 0.248 e. The highest BCUT2D eigenvalue weighted by Crippen LogP contribution is 2.34. The van der Waals surface area contributed by atoms with Gasteiger partial charge in [0.15, 0.2) is 0 Å². The number of ketones is 1. The Morgan fingerprint density at radius 1 is 1.30 bits per heavy atom. The van der Waals surface area contributed by atoms with E-state index in [1.807, 2.05) is 18.4 Å². The maximum atomic E-state index is 13.1. The standard InChI is InChI=1S/C21H26N4O2/c26-19-8-4-7-16-12-25(13-17(16)19)18(11-15-5-2-1-3-6-15)21(27)24-20-9-10-22-14-23-20/h4,7,9-10,12,14-15,17-18H,1-3,5-6,8,11,13H2,(H,22,23,24,27). The van der Waals surface area contributed by atoms with Crippen molar-refractivity contribution in [1.82, 2.24) is 14.9 Å². The highest BCUT2D eigenvalue weighted by atomic mass is 16.2. The predicted octanol–water partition coefficient (Wildman–Crippen LogP) is 3.10. The van der Waals surface area contributed by atoms with E-state index in [0.717, 1.165) is 12.0 Å². The summed E-state index contributed by atoms with van der Waals surface area (Å²) in [5.74, 6) is 1.19. The van der Waals surface area contributed by atoms with Gasteiger partial charge >= 0.3 is 0 Å². The molecule has 3 aliphatic rings. The molecule has 1 fully saturated rings. The minimum Gasteiger partial charge on any atom is -0.364 e. The number of hydrogen-bond donors (Lipinski definition) is 1. The van der Waals surface area contributed by atoms with Crippen molar-refractivity contribution in [3.63, 3.8) is 0 Å². The summed E-state index contributed by atoms with van der Waals surface area (Å²) in [6.07, 6.45) is 16.5. The summed E-state index contributed by atoms with van der Waals surface area (Å²) in [5, 5.41) is 2.94. The first-order chi connectivity index (χ1) is 13.2. The van der Waals surface area contributed by atoms with E-state index in [1.54, 1.807) is 12.3 Å². The third-order valence-electron chi connectivity index (χ3n) is 5.95. The summed E-state index contributed by atoms with van der Waals surface area (Å²) in [4.78, 5) is 35.5. The van der Waals surface area contributed by atoms with Crippen LogP contribution in [0.15, 0.2) is 42.5 Å². The van der Waals surface area contributed by atoms with E-state index in [2.05, 4.69) is 20.2 Å². The Morgan fingerprint density at radius 2 is 2.15 bits per heavy atom. The van der Waals surface area contributed by atoms with E-state index >= 15 is 0 Å². The van der Waals surface area contributed by atoms with Crippen LogP contribution in [0.4, 0.5) is 5.82 Å². The van der Waals surface area contributed by atoms with Gasteiger partial charge in [0, 0.05) is 25.4 Å². The van der Waals surface area contributed by atoms with E-state index in [0.29, 0.717) is 24.7 Å². The fourth-order valence-corrected chi connectivity index (χ4v) is 4.47. The Morgan fingerprint density at radius 3 is 2.89 bits per heavy atom. The Kier molecular flexibility index (Phi) is 5.32. The zero-order valence-electron chi connectivity index (χ0n) is 15.5. The minimum atomic E-state index is -0.276. The van der Waals surface area contributed by atoms with Crippen molar-refractivity contribution >= 4 is 17.5 Å². The van der Waals surface area contributed by atoms with Crippen LogP contribution in [0.3, 0.4) is 0 Å². The molecule has 0 aromatic carbocycles. The quantitative estimate of drug-likeness (QED) is 0.867. The number of aromatic nitrogens is 2. The van der Waals surface area contributed by atoms with Gasteiger partial charge in [-0.1, -0.05) is 44.3 Å². The number of rotatable bonds is 5. The van der Waals surface area contributed by atoms with Gasteiger partial charge in [0.05, 0.1) is 5.92 Å². The normalized spacial score (nSPS) is 23.7. The Labute approximate surface area is 159 Å². The van der Waals surface area contributed by atoms with Crippen LogP contribution in [-0.4, -0.2) is 39.1 Å². The van der Waals surface area contributed by atoms with Gasteiger partial charge in [0.1, 0.15) is 24.0 Å². The first kappa shape index (κ1) is 17.9. The topological polar surface area (TPSA) is 75.2 Å². The molecule has 0 spiro atoms. The Bertz CT molecular complexity index is 753. The van der Waals surface area contributed by atoms with Crippen molar-refractivity contribution in [3.05, 3.63) is 42.5 Å². The van der Waals surface area contributed by atoms with Gasteiger partial charge in [-0.05, 0) is 24.0 Å². The van der Waals surface area contributed by atoms with Crippen LogP contribution in [0.1, 0.15) is 44.9 Å². The number of carbonyl (C=O) groups is 2. The maximum Gasteiger partial charge on any atom is 0.248 e. The summed E-state index contributed by atoms with van der Waals surface area (Å²) in [5.41, 5.74) is 1.04. The van der Waals surface area contributed by atoms with Crippen molar-refractivity contribution < 1.29 is 9.59 Å². The molecule has 2 unspecified atom stereocenters. The summed E-state index contributed by atoms with van der Waals surface area (Å²) >= 11 is 0. The number of hydrogen-bond acceptors (Lipinski definition) is 5. The first-order valence-electron chi connectivity index (χ1n) is 9.94. The lowest BCUT2D eigenvalue weighted by Crippen LogP contribution is -2.43. The number of anilines is 1. The van der Waals surface area contributed by atoms with Gasteiger partial charge in [-0.2, -0.15) is 0 Å². The molecule has 6 nitrogen and oxygen atoms in total. The number of nitrogens with one attached hydrogen (secondary N) is 1. The van der Waals surface area contributed by atoms with Crippen LogP contribution in [0.5, 0.6) is 0 Å². The lowest BCUT2D eigenvalue weighted by molar-refractivity contribution is -0.123. The van der Waals surface area contributed by atoms with Gasteiger partial charge in [-0.15, -0.1) is 0 Å². The average Bonchev–Trinajstić information content (AvgIpc) is 3.13. The number of Topliss-reactive ketones (excluding diaryl/α,β-unsaturated/α-hetero) is 1. The summed E-state index contributed by atoms with van der Waals surface area (Å²) in [6, 6.07) is 1.42. The molecular weight excluding hydrogens is 340 g/mol. The molecule has 27 heavy (non-hydrogen) atoms. The fourth-order valence-electron chi connectivity index (χ4n) is 4.47. The molecule has 0 saturated heterocycles. The summed E-state index contributed by atoms with van der Waals surface area (Å²) < 4.78 is 0. The number of fused-ring (bicyclic) bond motifs is 1. The molecule has 0 radical (unpaired) electrons. The van der Waals surface area contributed by atoms with Gasteiger partial charge in [-0.25, -0.2) is 9.97 Å². The molecule has 6 heteroatoms. The van der Waals surface area contributed by atoms with E-state index in [9.17, 15) is 9.59 Å². The number of allylic oxidation sites excluding steroid dienone is 2. The monoisotopic (exact) mass is 366 g/mol. The number of nitrogens with zero attached hydrogens (tertiary/aromatic N) is 3. The second-order valence-corrected chi connectivity index (χ2v) is 7.79. The van der Waals surface area contributed by atoms with E-state index in [-0.39, 0.29) is 23.7 Å². The molecule has 1 aromatic rings. The largest absolute Gasteiger partial charge is 0.364 e. The van der Waals surface area contributed by atoms with Crippen LogP contribution in [-0.2, 0) is 9.59 Å². The first-order valence-corrected chi connectivity index (χ1v) is 9.94. The molecule has 2 aliphatic carbocycles. The molecule has 1 N–H and O–H groups in total. The van der Waals surface area contributed by atoms with Crippen LogP contribution >= 0.6 is 0 Å². The van der Waals surface area contributed by atoms with Gasteiger partial charge in [0.2, 0.25) is 5.91 Å². The second kappa shape index (κ2) is 8.03. The molecule has 1 aliphatic heterocycles. The molecular formula is C21H26N4O2. The third kappa shape index (κ3) is 4.10. The zero-order valence-corrected chi connectivity index (χ0v) is 15.5. The van der Waals surface area contributed by atoms with Crippen molar-refractivity contribution in [2.24, 2.45) is 11.8 Å². The SMILES string of the molecule is O=C1CC=CC2=CN(C(CC3CCCCC3)C(=O)Nc3ccncn3)CC12. The molecule has 1 aromatic heterocycles. The van der Waals surface area contributed by atoms with Gasteiger partial charge < -0.3 is 10.2 Å².